The van der Waals surface area contributed by atoms with Crippen LogP contribution in [-0.4, -0.2) is 59.6 Å². The molecule has 146 valence electrons. The van der Waals surface area contributed by atoms with E-state index in [9.17, 15) is 13.2 Å². The highest BCUT2D eigenvalue weighted by molar-refractivity contribution is 14.1. The summed E-state index contributed by atoms with van der Waals surface area (Å²) in [4.78, 5) is 20.3. The Balaban J connectivity index is 2.22. The Kier molecular flexibility index (Phi) is 4.68. The smallest absolute Gasteiger partial charge is 0.350 e. The van der Waals surface area contributed by atoms with Gasteiger partial charge in [-0.15, -0.1) is 0 Å². The number of fused-ring (bicyclic) bond motifs is 2. The van der Waals surface area contributed by atoms with Crippen molar-refractivity contribution in [3.8, 4) is 0 Å². The van der Waals surface area contributed by atoms with Gasteiger partial charge >= 0.3 is 5.69 Å². The first-order valence-corrected chi connectivity index (χ1v) is 11.4. The number of likely N-dealkylation sites (N-methyl/N-ethyl adjacent to an activating group) is 1. The predicted molar refractivity (Wildman–Crippen MR) is 110 cm³/mol. The molecule has 1 unspecified atom stereocenters. The minimum Gasteiger partial charge on any atom is -0.350 e. The molecule has 2 aromatic rings. The lowest BCUT2D eigenvalue weighted by Gasteiger charge is -2.42. The van der Waals surface area contributed by atoms with Crippen molar-refractivity contribution in [1.82, 2.24) is 12.7 Å². The normalized spacial score (nSPS) is 22.4. The molecule has 1 fully saturated rings. The van der Waals surface area contributed by atoms with Crippen molar-refractivity contribution in [2.75, 3.05) is 37.3 Å². The number of rotatable bonds is 0. The third kappa shape index (κ3) is 2.87. The first kappa shape index (κ1) is 19.3. The van der Waals surface area contributed by atoms with Crippen molar-refractivity contribution in [2.45, 2.75) is 24.3 Å². The summed E-state index contributed by atoms with van der Waals surface area (Å²) in [5.41, 5.74) is -0.350. The second kappa shape index (κ2) is 6.53. The van der Waals surface area contributed by atoms with Crippen molar-refractivity contribution in [2.24, 2.45) is 0 Å². The summed E-state index contributed by atoms with van der Waals surface area (Å²) < 4.78 is 42.4. The molecule has 1 aromatic carbocycles. The fourth-order valence-electron chi connectivity index (χ4n) is 3.88. The topological polar surface area (TPSA) is 75.5 Å². The van der Waals surface area contributed by atoms with Crippen LogP contribution in [0, 0.1) is 12.7 Å². The standard InChI is InChI=1S/C16H17ClFIN4O3S/c1-8-11(17)13-10-14(12(8)18)27(25,26)6-3-9-7-21(2)4-5-22(9)15(10)20-16(24)23(13)19/h9H,3-7H2,1-2H3. The largest absolute Gasteiger partial charge is 0.359 e. The van der Waals surface area contributed by atoms with E-state index in [0.717, 1.165) is 9.33 Å². The Bertz CT molecular complexity index is 1140. The number of hydrogen-bond acceptors (Lipinski definition) is 6. The van der Waals surface area contributed by atoms with Crippen molar-refractivity contribution in [1.29, 1.82) is 0 Å². The fraction of sp³-hybridized carbons (Fsp3) is 0.500. The van der Waals surface area contributed by atoms with Crippen LogP contribution in [0.5, 0.6) is 0 Å². The molecule has 0 N–H and O–H groups in total. The molecule has 7 nitrogen and oxygen atoms in total. The molecule has 27 heavy (non-hydrogen) atoms. The summed E-state index contributed by atoms with van der Waals surface area (Å²) in [6.07, 6.45) is 0.337. The molecule has 0 spiro atoms. The number of halogens is 3. The van der Waals surface area contributed by atoms with Crippen LogP contribution in [0.15, 0.2) is 9.69 Å². The number of piperazine rings is 1. The van der Waals surface area contributed by atoms with Gasteiger partial charge < -0.3 is 9.80 Å². The maximum Gasteiger partial charge on any atom is 0.359 e. The highest BCUT2D eigenvalue weighted by Gasteiger charge is 2.37. The number of sulfone groups is 1. The molecule has 4 rings (SSSR count). The maximum atomic E-state index is 15.1. The van der Waals surface area contributed by atoms with E-state index in [1.54, 1.807) is 22.9 Å². The van der Waals surface area contributed by atoms with Crippen LogP contribution in [-0.2, 0) is 9.84 Å². The highest BCUT2D eigenvalue weighted by atomic mass is 127. The molecule has 2 aliphatic heterocycles. The van der Waals surface area contributed by atoms with Gasteiger partial charge in [0.2, 0.25) is 0 Å². The van der Waals surface area contributed by atoms with Crippen LogP contribution in [0.2, 0.25) is 5.02 Å². The Morgan fingerprint density at radius 1 is 1.33 bits per heavy atom. The number of aromatic nitrogens is 2. The van der Waals surface area contributed by atoms with Gasteiger partial charge in [0, 0.05) is 31.2 Å². The lowest BCUT2D eigenvalue weighted by Crippen LogP contribution is -2.53. The summed E-state index contributed by atoms with van der Waals surface area (Å²) in [6.45, 7) is 3.36. The van der Waals surface area contributed by atoms with Gasteiger partial charge in [0.05, 0.1) is 44.5 Å². The molecule has 1 aromatic heterocycles. The van der Waals surface area contributed by atoms with Gasteiger partial charge in [0.25, 0.3) is 0 Å². The first-order chi connectivity index (χ1) is 12.6. The average Bonchev–Trinajstić information content (AvgIpc) is 2.60. The summed E-state index contributed by atoms with van der Waals surface area (Å²) in [7, 11) is -1.95. The summed E-state index contributed by atoms with van der Waals surface area (Å²) >= 11 is 8.09. The number of hydrogen-bond donors (Lipinski definition) is 0. The van der Waals surface area contributed by atoms with Crippen molar-refractivity contribution >= 4 is 61.0 Å². The second-order valence-corrected chi connectivity index (χ2v) is 10.4. The Hall–Kier alpha value is -0.980. The number of benzene rings is 1. The molecule has 0 bridgehead atoms. The molecule has 11 heteroatoms. The lowest BCUT2D eigenvalue weighted by molar-refractivity contribution is 0.263. The van der Waals surface area contributed by atoms with E-state index < -0.39 is 26.2 Å². The number of nitrogens with zero attached hydrogens (tertiary/aromatic N) is 4. The van der Waals surface area contributed by atoms with Crippen LogP contribution in [0.25, 0.3) is 10.9 Å². The molecule has 0 saturated carbocycles. The summed E-state index contributed by atoms with van der Waals surface area (Å²) in [5.74, 6) is -0.826. The minimum atomic E-state index is -3.91. The van der Waals surface area contributed by atoms with E-state index in [2.05, 4.69) is 9.88 Å². The van der Waals surface area contributed by atoms with E-state index in [1.165, 1.54) is 6.92 Å². The molecular weight excluding hydrogens is 510 g/mol. The maximum absolute atomic E-state index is 15.1. The zero-order valence-electron chi connectivity index (χ0n) is 14.7. The van der Waals surface area contributed by atoms with Gasteiger partial charge in [-0.3, -0.25) is 0 Å². The molecule has 1 saturated heterocycles. The van der Waals surface area contributed by atoms with E-state index in [1.807, 2.05) is 11.9 Å². The second-order valence-electron chi connectivity index (χ2n) is 7.02. The monoisotopic (exact) mass is 526 g/mol. The van der Waals surface area contributed by atoms with E-state index >= 15 is 4.39 Å². The van der Waals surface area contributed by atoms with Gasteiger partial charge in [-0.25, -0.2) is 20.4 Å². The minimum absolute atomic E-state index is 0.0141. The van der Waals surface area contributed by atoms with Gasteiger partial charge in [0.15, 0.2) is 9.84 Å². The average molecular weight is 527 g/mol. The zero-order chi connectivity index (χ0) is 19.7. The lowest BCUT2D eigenvalue weighted by atomic mass is 10.1. The molecule has 0 aliphatic carbocycles. The van der Waals surface area contributed by atoms with Crippen molar-refractivity contribution in [3.05, 3.63) is 26.9 Å². The van der Waals surface area contributed by atoms with Gasteiger partial charge in [-0.2, -0.15) is 4.98 Å². The molecule has 2 aliphatic rings. The van der Waals surface area contributed by atoms with Crippen LogP contribution in [0.4, 0.5) is 10.2 Å². The summed E-state index contributed by atoms with van der Waals surface area (Å²) in [6, 6.07) is -0.130. The van der Waals surface area contributed by atoms with E-state index in [0.29, 0.717) is 19.5 Å². The van der Waals surface area contributed by atoms with Gasteiger partial charge in [0.1, 0.15) is 16.5 Å². The third-order valence-corrected chi connectivity index (χ3v) is 8.44. The van der Waals surface area contributed by atoms with Crippen LogP contribution >= 0.6 is 34.5 Å². The van der Waals surface area contributed by atoms with Gasteiger partial charge in [-0.05, 0) is 20.4 Å². The van der Waals surface area contributed by atoms with Crippen LogP contribution < -0.4 is 10.6 Å². The van der Waals surface area contributed by atoms with Crippen LogP contribution in [0.3, 0.4) is 0 Å². The van der Waals surface area contributed by atoms with Gasteiger partial charge in [-0.1, -0.05) is 11.6 Å². The van der Waals surface area contributed by atoms with Crippen molar-refractivity contribution < 1.29 is 12.8 Å². The Labute approximate surface area is 174 Å². The fourth-order valence-corrected chi connectivity index (χ4v) is 6.59. The molecule has 0 radical (unpaired) electrons. The van der Waals surface area contributed by atoms with E-state index in [4.69, 9.17) is 11.6 Å². The zero-order valence-corrected chi connectivity index (χ0v) is 18.4. The molecule has 3 heterocycles. The molecule has 0 amide bonds. The molecule has 1 atom stereocenters. The molecular formula is C16H17ClFIN4O3S. The number of anilines is 1. The quantitative estimate of drug-likeness (QED) is 0.489. The van der Waals surface area contributed by atoms with E-state index in [-0.39, 0.29) is 39.1 Å². The summed E-state index contributed by atoms with van der Waals surface area (Å²) in [5, 5.41) is 0.134. The van der Waals surface area contributed by atoms with Crippen LogP contribution in [0.1, 0.15) is 12.0 Å². The Morgan fingerprint density at radius 3 is 2.74 bits per heavy atom. The SMILES string of the molecule is Cc1c(F)c2c3c(nc(=O)n(I)c3c1Cl)N1CCN(C)CC1CCS2(=O)=O. The first-order valence-electron chi connectivity index (χ1n) is 8.42. The van der Waals surface area contributed by atoms with Crippen molar-refractivity contribution in [3.63, 3.8) is 0 Å². The predicted octanol–water partition coefficient (Wildman–Crippen LogP) is 1.99. The Morgan fingerprint density at radius 2 is 2.04 bits per heavy atom. The third-order valence-electron chi connectivity index (χ3n) is 5.31. The highest BCUT2D eigenvalue weighted by Crippen LogP contribution is 2.42.